The zero-order valence-corrected chi connectivity index (χ0v) is 12.7. The first kappa shape index (κ1) is 13.0. The molecule has 106 valence electrons. The van der Waals surface area contributed by atoms with Gasteiger partial charge in [0.15, 0.2) is 0 Å². The van der Waals surface area contributed by atoms with Crippen LogP contribution in [0.1, 0.15) is 0 Å². The van der Waals surface area contributed by atoms with Gasteiger partial charge in [-0.05, 0) is 41.1 Å². The lowest BCUT2D eigenvalue weighted by Gasteiger charge is -2.23. The largest absolute Gasteiger partial charge is 0.285 e. The summed E-state index contributed by atoms with van der Waals surface area (Å²) >= 11 is 1.72. The van der Waals surface area contributed by atoms with Crippen molar-refractivity contribution in [3.05, 3.63) is 84.4 Å². The average molecular weight is 302 g/mol. The molecule has 2 aromatic carbocycles. The highest BCUT2D eigenvalue weighted by atomic mass is 32.1. The summed E-state index contributed by atoms with van der Waals surface area (Å²) in [6, 6.07) is 25.1. The predicted octanol–water partition coefficient (Wildman–Crippen LogP) is 5.77. The van der Waals surface area contributed by atoms with Crippen LogP contribution in [-0.2, 0) is 0 Å². The van der Waals surface area contributed by atoms with Gasteiger partial charge in [0.25, 0.3) is 0 Å². The monoisotopic (exact) mass is 302 g/mol. The van der Waals surface area contributed by atoms with E-state index in [0.29, 0.717) is 0 Å². The van der Waals surface area contributed by atoms with Crippen LogP contribution >= 0.6 is 11.3 Å². The number of anilines is 3. The van der Waals surface area contributed by atoms with Crippen LogP contribution in [0.4, 0.5) is 16.5 Å². The quantitative estimate of drug-likeness (QED) is 0.478. The van der Waals surface area contributed by atoms with Gasteiger partial charge in [0.1, 0.15) is 10.8 Å². The number of nitrogens with zero attached hydrogens (tertiary/aromatic N) is 2. The first-order valence-corrected chi connectivity index (χ1v) is 8.04. The minimum absolute atomic E-state index is 0.932. The number of fused-ring (bicyclic) bond motifs is 1. The van der Waals surface area contributed by atoms with Crippen LogP contribution in [0.25, 0.3) is 10.8 Å². The molecular weight excluding hydrogens is 288 g/mol. The lowest BCUT2D eigenvalue weighted by Crippen LogP contribution is -2.10. The van der Waals surface area contributed by atoms with Crippen molar-refractivity contribution in [2.24, 2.45) is 0 Å². The van der Waals surface area contributed by atoms with Crippen molar-refractivity contribution in [1.82, 2.24) is 4.98 Å². The molecule has 3 heteroatoms. The number of aromatic nitrogens is 1. The van der Waals surface area contributed by atoms with Gasteiger partial charge in [-0.25, -0.2) is 4.98 Å². The van der Waals surface area contributed by atoms with Crippen molar-refractivity contribution in [2.45, 2.75) is 0 Å². The molecule has 2 nitrogen and oxygen atoms in total. The third-order valence-electron chi connectivity index (χ3n) is 3.61. The number of benzene rings is 2. The molecule has 0 N–H and O–H groups in total. The maximum absolute atomic E-state index is 4.55. The topological polar surface area (TPSA) is 16.1 Å². The molecule has 2 heterocycles. The normalized spacial score (nSPS) is 10.7. The molecule has 4 aromatic rings. The first-order chi connectivity index (χ1) is 10.9. The van der Waals surface area contributed by atoms with Gasteiger partial charge in [-0.1, -0.05) is 42.5 Å². The standard InChI is InChI=1S/C19H14N2S/c1-2-9-16-15(7-1)8-5-10-17(16)21(19-12-6-14-22-19)18-11-3-4-13-20-18/h1-14H. The molecule has 0 unspecified atom stereocenters. The Morgan fingerprint density at radius 3 is 2.45 bits per heavy atom. The van der Waals surface area contributed by atoms with Gasteiger partial charge in [0, 0.05) is 11.6 Å². The van der Waals surface area contributed by atoms with Crippen LogP contribution in [0, 0.1) is 0 Å². The zero-order chi connectivity index (χ0) is 14.8. The Morgan fingerprint density at radius 1 is 0.773 bits per heavy atom. The minimum atomic E-state index is 0.932. The molecule has 0 aliphatic rings. The van der Waals surface area contributed by atoms with Gasteiger partial charge < -0.3 is 0 Å². The van der Waals surface area contributed by atoms with E-state index >= 15 is 0 Å². The van der Waals surface area contributed by atoms with E-state index in [1.807, 2.05) is 24.4 Å². The maximum atomic E-state index is 4.55. The minimum Gasteiger partial charge on any atom is -0.285 e. The molecule has 0 aliphatic carbocycles. The third-order valence-corrected chi connectivity index (χ3v) is 4.47. The molecule has 22 heavy (non-hydrogen) atoms. The Balaban J connectivity index is 1.98. The molecule has 0 aliphatic heterocycles. The molecule has 0 radical (unpaired) electrons. The summed E-state index contributed by atoms with van der Waals surface area (Å²) in [5.74, 6) is 0.932. The van der Waals surface area contributed by atoms with E-state index in [1.54, 1.807) is 11.3 Å². The van der Waals surface area contributed by atoms with E-state index in [2.05, 4.69) is 69.9 Å². The lowest BCUT2D eigenvalue weighted by atomic mass is 10.1. The van der Waals surface area contributed by atoms with E-state index in [9.17, 15) is 0 Å². The van der Waals surface area contributed by atoms with Crippen molar-refractivity contribution in [1.29, 1.82) is 0 Å². The van der Waals surface area contributed by atoms with Crippen molar-refractivity contribution in [2.75, 3.05) is 4.90 Å². The number of pyridine rings is 1. The van der Waals surface area contributed by atoms with E-state index in [1.165, 1.54) is 10.8 Å². The highest BCUT2D eigenvalue weighted by Crippen LogP contribution is 2.39. The molecule has 4 rings (SSSR count). The van der Waals surface area contributed by atoms with Gasteiger partial charge >= 0.3 is 0 Å². The number of rotatable bonds is 3. The summed E-state index contributed by atoms with van der Waals surface area (Å²) < 4.78 is 0. The van der Waals surface area contributed by atoms with Crippen molar-refractivity contribution >= 4 is 38.6 Å². The molecule has 0 spiro atoms. The summed E-state index contributed by atoms with van der Waals surface area (Å²) in [6.45, 7) is 0. The summed E-state index contributed by atoms with van der Waals surface area (Å²) in [6.07, 6.45) is 1.83. The lowest BCUT2D eigenvalue weighted by molar-refractivity contribution is 1.20. The molecule has 0 bridgehead atoms. The summed E-state index contributed by atoms with van der Waals surface area (Å²) in [5.41, 5.74) is 1.15. The fourth-order valence-corrected chi connectivity index (χ4v) is 3.39. The van der Waals surface area contributed by atoms with Crippen LogP contribution in [0.2, 0.25) is 0 Å². The van der Waals surface area contributed by atoms with Gasteiger partial charge in [-0.2, -0.15) is 0 Å². The number of hydrogen-bond acceptors (Lipinski definition) is 3. The summed E-state index contributed by atoms with van der Waals surface area (Å²) in [4.78, 5) is 6.77. The SMILES string of the molecule is c1ccc(N(c2cccs2)c2cccc3ccccc23)nc1. The van der Waals surface area contributed by atoms with Crippen LogP contribution in [0.5, 0.6) is 0 Å². The van der Waals surface area contributed by atoms with Crippen molar-refractivity contribution in [3.8, 4) is 0 Å². The van der Waals surface area contributed by atoms with Crippen LogP contribution in [0.15, 0.2) is 84.4 Å². The molecular formula is C19H14N2S. The Bertz CT molecular complexity index is 880. The van der Waals surface area contributed by atoms with Gasteiger partial charge in [-0.3, -0.25) is 4.90 Å². The first-order valence-electron chi connectivity index (χ1n) is 7.16. The Hall–Kier alpha value is -2.65. The molecule has 0 atom stereocenters. The summed E-state index contributed by atoms with van der Waals surface area (Å²) in [7, 11) is 0. The molecule has 0 amide bonds. The van der Waals surface area contributed by atoms with E-state index in [0.717, 1.165) is 16.5 Å². The Kier molecular flexibility index (Phi) is 3.33. The maximum Gasteiger partial charge on any atom is 0.138 e. The van der Waals surface area contributed by atoms with Crippen LogP contribution < -0.4 is 4.90 Å². The number of thiophene rings is 1. The molecule has 0 saturated heterocycles. The predicted molar refractivity (Wildman–Crippen MR) is 94.3 cm³/mol. The molecule has 0 fully saturated rings. The number of hydrogen-bond donors (Lipinski definition) is 0. The fourth-order valence-electron chi connectivity index (χ4n) is 2.64. The Labute approximate surface area is 133 Å². The van der Waals surface area contributed by atoms with Gasteiger partial charge in [0.05, 0.1) is 5.69 Å². The highest BCUT2D eigenvalue weighted by molar-refractivity contribution is 7.14. The van der Waals surface area contributed by atoms with E-state index in [4.69, 9.17) is 0 Å². The van der Waals surface area contributed by atoms with E-state index in [-0.39, 0.29) is 0 Å². The van der Waals surface area contributed by atoms with Crippen molar-refractivity contribution in [3.63, 3.8) is 0 Å². The zero-order valence-electron chi connectivity index (χ0n) is 11.9. The van der Waals surface area contributed by atoms with Crippen molar-refractivity contribution < 1.29 is 0 Å². The van der Waals surface area contributed by atoms with Gasteiger partial charge in [0.2, 0.25) is 0 Å². The second-order valence-electron chi connectivity index (χ2n) is 4.97. The molecule has 0 saturated carbocycles. The fraction of sp³-hybridized carbons (Fsp3) is 0. The van der Waals surface area contributed by atoms with E-state index < -0.39 is 0 Å². The van der Waals surface area contributed by atoms with Crippen LogP contribution in [-0.4, -0.2) is 4.98 Å². The van der Waals surface area contributed by atoms with Gasteiger partial charge in [-0.15, -0.1) is 11.3 Å². The smallest absolute Gasteiger partial charge is 0.138 e. The third kappa shape index (κ3) is 2.26. The second kappa shape index (κ2) is 5.62. The summed E-state index contributed by atoms with van der Waals surface area (Å²) in [5, 5.41) is 5.72. The Morgan fingerprint density at radius 2 is 1.64 bits per heavy atom. The van der Waals surface area contributed by atoms with Crippen LogP contribution in [0.3, 0.4) is 0 Å². The highest BCUT2D eigenvalue weighted by Gasteiger charge is 2.16. The molecule has 2 aromatic heterocycles. The average Bonchev–Trinajstić information content (AvgIpc) is 3.11. The second-order valence-corrected chi connectivity index (χ2v) is 5.90.